The minimum atomic E-state index is 0.0331. The number of anilines is 1. The lowest BCUT2D eigenvalue weighted by Gasteiger charge is -2.36. The first kappa shape index (κ1) is 17.6. The summed E-state index contributed by atoms with van der Waals surface area (Å²) in [7, 11) is 0. The average molecular weight is 359 g/mol. The lowest BCUT2D eigenvalue weighted by atomic mass is 10.1. The standard InChI is InChI=1S/C20H23ClN2O2/c1-15-7-8-17(21)13-18(15)22-9-11-23(12-10-22)20(24)14-25-19-6-4-3-5-16(19)2/h3-8,13H,9-12,14H2,1-2H3. The van der Waals surface area contributed by atoms with E-state index in [1.165, 1.54) is 5.56 Å². The zero-order valence-corrected chi connectivity index (χ0v) is 15.4. The van der Waals surface area contributed by atoms with Gasteiger partial charge in [-0.3, -0.25) is 4.79 Å². The molecule has 2 aromatic carbocycles. The van der Waals surface area contributed by atoms with Crippen molar-refractivity contribution in [1.82, 2.24) is 4.90 Å². The van der Waals surface area contributed by atoms with Crippen LogP contribution in [0, 0.1) is 13.8 Å². The number of aryl methyl sites for hydroxylation is 2. The van der Waals surface area contributed by atoms with Gasteiger partial charge < -0.3 is 14.5 Å². The van der Waals surface area contributed by atoms with Crippen molar-refractivity contribution < 1.29 is 9.53 Å². The fourth-order valence-corrected chi connectivity index (χ4v) is 3.24. The quantitative estimate of drug-likeness (QED) is 0.835. The Bertz CT molecular complexity index is 755. The van der Waals surface area contributed by atoms with Gasteiger partial charge in [-0.25, -0.2) is 0 Å². The summed E-state index contributed by atoms with van der Waals surface area (Å²) >= 11 is 6.12. The van der Waals surface area contributed by atoms with E-state index in [0.717, 1.165) is 35.1 Å². The third kappa shape index (κ3) is 4.26. The van der Waals surface area contributed by atoms with Gasteiger partial charge in [-0.1, -0.05) is 35.9 Å². The van der Waals surface area contributed by atoms with E-state index in [9.17, 15) is 4.79 Å². The number of hydrogen-bond acceptors (Lipinski definition) is 3. The third-order valence-corrected chi connectivity index (χ3v) is 4.82. The molecule has 1 aliphatic rings. The number of carbonyl (C=O) groups excluding carboxylic acids is 1. The molecular weight excluding hydrogens is 336 g/mol. The van der Waals surface area contributed by atoms with E-state index in [2.05, 4.69) is 11.8 Å². The monoisotopic (exact) mass is 358 g/mol. The maximum atomic E-state index is 12.4. The van der Waals surface area contributed by atoms with E-state index >= 15 is 0 Å². The molecule has 0 unspecified atom stereocenters. The number of carbonyl (C=O) groups is 1. The molecule has 0 atom stereocenters. The molecule has 2 aromatic rings. The summed E-state index contributed by atoms with van der Waals surface area (Å²) < 4.78 is 5.68. The van der Waals surface area contributed by atoms with E-state index < -0.39 is 0 Å². The van der Waals surface area contributed by atoms with Crippen LogP contribution in [0.15, 0.2) is 42.5 Å². The van der Waals surface area contributed by atoms with Crippen molar-refractivity contribution >= 4 is 23.2 Å². The number of ether oxygens (including phenoxy) is 1. The summed E-state index contributed by atoms with van der Waals surface area (Å²) in [4.78, 5) is 16.6. The van der Waals surface area contributed by atoms with Crippen LogP contribution in [0.4, 0.5) is 5.69 Å². The molecule has 0 aromatic heterocycles. The van der Waals surface area contributed by atoms with Crippen molar-refractivity contribution in [2.45, 2.75) is 13.8 Å². The van der Waals surface area contributed by atoms with Crippen LogP contribution in [-0.4, -0.2) is 43.6 Å². The maximum absolute atomic E-state index is 12.4. The number of hydrogen-bond donors (Lipinski definition) is 0. The molecule has 1 heterocycles. The molecule has 0 bridgehead atoms. The van der Waals surface area contributed by atoms with E-state index in [-0.39, 0.29) is 12.5 Å². The van der Waals surface area contributed by atoms with Crippen LogP contribution < -0.4 is 9.64 Å². The molecule has 132 valence electrons. The Balaban J connectivity index is 1.54. The largest absolute Gasteiger partial charge is 0.484 e. The van der Waals surface area contributed by atoms with Gasteiger partial charge in [-0.2, -0.15) is 0 Å². The van der Waals surface area contributed by atoms with E-state index in [1.54, 1.807) is 0 Å². The first-order chi connectivity index (χ1) is 12.0. The zero-order valence-electron chi connectivity index (χ0n) is 14.7. The number of nitrogens with zero attached hydrogens (tertiary/aromatic N) is 2. The first-order valence-electron chi connectivity index (χ1n) is 8.52. The summed E-state index contributed by atoms with van der Waals surface area (Å²) in [6, 6.07) is 13.7. The Labute approximate surface area is 154 Å². The van der Waals surface area contributed by atoms with Gasteiger partial charge >= 0.3 is 0 Å². The fraction of sp³-hybridized carbons (Fsp3) is 0.350. The van der Waals surface area contributed by atoms with Crippen LogP contribution in [0.1, 0.15) is 11.1 Å². The molecule has 3 rings (SSSR count). The highest BCUT2D eigenvalue weighted by atomic mass is 35.5. The number of para-hydroxylation sites is 1. The Morgan fingerprint density at radius 3 is 2.48 bits per heavy atom. The average Bonchev–Trinajstić information content (AvgIpc) is 2.63. The second-order valence-corrected chi connectivity index (χ2v) is 6.79. The number of rotatable bonds is 4. The lowest BCUT2D eigenvalue weighted by Crippen LogP contribution is -2.50. The Kier molecular flexibility index (Phi) is 5.49. The van der Waals surface area contributed by atoms with Crippen molar-refractivity contribution in [1.29, 1.82) is 0 Å². The zero-order chi connectivity index (χ0) is 17.8. The van der Waals surface area contributed by atoms with Crippen molar-refractivity contribution in [3.8, 4) is 5.75 Å². The topological polar surface area (TPSA) is 32.8 Å². The molecule has 0 aliphatic carbocycles. The van der Waals surface area contributed by atoms with E-state index in [1.807, 2.05) is 54.3 Å². The van der Waals surface area contributed by atoms with Gasteiger partial charge in [0.2, 0.25) is 0 Å². The minimum absolute atomic E-state index is 0.0331. The predicted octanol–water partition coefficient (Wildman–Crippen LogP) is 3.68. The van der Waals surface area contributed by atoms with Gasteiger partial charge in [0.25, 0.3) is 5.91 Å². The Morgan fingerprint density at radius 1 is 1.04 bits per heavy atom. The van der Waals surface area contributed by atoms with Gasteiger partial charge in [0.1, 0.15) is 5.75 Å². The predicted molar refractivity (Wildman–Crippen MR) is 102 cm³/mol. The smallest absolute Gasteiger partial charge is 0.260 e. The van der Waals surface area contributed by atoms with Crippen LogP contribution in [-0.2, 0) is 4.79 Å². The van der Waals surface area contributed by atoms with E-state index in [0.29, 0.717) is 13.1 Å². The molecular formula is C20H23ClN2O2. The number of halogens is 1. The fourth-order valence-electron chi connectivity index (χ4n) is 3.07. The second kappa shape index (κ2) is 7.79. The molecule has 1 saturated heterocycles. The summed E-state index contributed by atoms with van der Waals surface area (Å²) in [6.45, 7) is 7.14. The Morgan fingerprint density at radius 2 is 1.76 bits per heavy atom. The second-order valence-electron chi connectivity index (χ2n) is 6.35. The van der Waals surface area contributed by atoms with Crippen LogP contribution in [0.2, 0.25) is 5.02 Å². The molecule has 0 radical (unpaired) electrons. The summed E-state index contributed by atoms with van der Waals surface area (Å²) in [6.07, 6.45) is 0. The van der Waals surface area contributed by atoms with Gasteiger partial charge in [0.05, 0.1) is 0 Å². The van der Waals surface area contributed by atoms with Crippen LogP contribution in [0.25, 0.3) is 0 Å². The van der Waals surface area contributed by atoms with Crippen molar-refractivity contribution in [2.75, 3.05) is 37.7 Å². The molecule has 1 amide bonds. The number of benzene rings is 2. The molecule has 4 nitrogen and oxygen atoms in total. The van der Waals surface area contributed by atoms with Gasteiger partial charge in [-0.05, 0) is 43.2 Å². The van der Waals surface area contributed by atoms with Crippen LogP contribution >= 0.6 is 11.6 Å². The molecule has 0 N–H and O–H groups in total. The van der Waals surface area contributed by atoms with Crippen molar-refractivity contribution in [3.05, 3.63) is 58.6 Å². The van der Waals surface area contributed by atoms with Crippen molar-refractivity contribution in [2.24, 2.45) is 0 Å². The summed E-state index contributed by atoms with van der Waals surface area (Å²) in [5.74, 6) is 0.801. The maximum Gasteiger partial charge on any atom is 0.260 e. The summed E-state index contributed by atoms with van der Waals surface area (Å²) in [5, 5.41) is 0.741. The summed E-state index contributed by atoms with van der Waals surface area (Å²) in [5.41, 5.74) is 3.39. The van der Waals surface area contributed by atoms with Gasteiger partial charge in [-0.15, -0.1) is 0 Å². The molecule has 0 spiro atoms. The van der Waals surface area contributed by atoms with Crippen molar-refractivity contribution in [3.63, 3.8) is 0 Å². The highest BCUT2D eigenvalue weighted by molar-refractivity contribution is 6.30. The normalized spacial score (nSPS) is 14.5. The number of piperazine rings is 1. The van der Waals surface area contributed by atoms with Gasteiger partial charge in [0, 0.05) is 36.9 Å². The van der Waals surface area contributed by atoms with Crippen LogP contribution in [0.5, 0.6) is 5.75 Å². The van der Waals surface area contributed by atoms with Crippen LogP contribution in [0.3, 0.4) is 0 Å². The molecule has 0 saturated carbocycles. The Hall–Kier alpha value is -2.20. The molecule has 1 aliphatic heterocycles. The minimum Gasteiger partial charge on any atom is -0.484 e. The highest BCUT2D eigenvalue weighted by Gasteiger charge is 2.22. The third-order valence-electron chi connectivity index (χ3n) is 4.59. The lowest BCUT2D eigenvalue weighted by molar-refractivity contribution is -0.133. The molecule has 5 heteroatoms. The van der Waals surface area contributed by atoms with E-state index in [4.69, 9.17) is 16.3 Å². The SMILES string of the molecule is Cc1ccccc1OCC(=O)N1CCN(c2cc(Cl)ccc2C)CC1. The first-order valence-corrected chi connectivity index (χ1v) is 8.89. The number of amides is 1. The molecule has 25 heavy (non-hydrogen) atoms. The van der Waals surface area contributed by atoms with Gasteiger partial charge in [0.15, 0.2) is 6.61 Å². The molecule has 1 fully saturated rings. The highest BCUT2D eigenvalue weighted by Crippen LogP contribution is 2.25.